The van der Waals surface area contributed by atoms with Crippen molar-refractivity contribution in [1.29, 1.82) is 0 Å². The summed E-state index contributed by atoms with van der Waals surface area (Å²) in [6, 6.07) is 10.5. The average Bonchev–Trinajstić information content (AvgIpc) is 2.76. The van der Waals surface area contributed by atoms with Gasteiger partial charge in [0.1, 0.15) is 5.75 Å². The van der Waals surface area contributed by atoms with Crippen molar-refractivity contribution in [2.24, 2.45) is 0 Å². The average molecular weight is 213 g/mol. The molecule has 0 spiro atoms. The van der Waals surface area contributed by atoms with E-state index in [-0.39, 0.29) is 5.75 Å². The summed E-state index contributed by atoms with van der Waals surface area (Å²) in [5.74, 6) is 0.183. The molecule has 1 aromatic carbocycles. The Bertz CT molecular complexity index is 648. The summed E-state index contributed by atoms with van der Waals surface area (Å²) in [4.78, 5) is 0. The van der Waals surface area contributed by atoms with Crippen LogP contribution in [0, 0.1) is 0 Å². The molecule has 0 atom stereocenters. The second-order valence-electron chi connectivity index (χ2n) is 3.26. The van der Waals surface area contributed by atoms with Crippen molar-refractivity contribution in [3.8, 4) is 17.0 Å². The van der Waals surface area contributed by atoms with Gasteiger partial charge in [-0.2, -0.15) is 0 Å². The third kappa shape index (κ3) is 1.28. The molecular formula is C10H7N5O. The number of para-hydroxylation sites is 1. The van der Waals surface area contributed by atoms with Gasteiger partial charge in [-0.15, -0.1) is 14.8 Å². The number of benzene rings is 1. The zero-order valence-corrected chi connectivity index (χ0v) is 8.15. The van der Waals surface area contributed by atoms with E-state index in [4.69, 9.17) is 0 Å². The van der Waals surface area contributed by atoms with Gasteiger partial charge in [0.15, 0.2) is 5.65 Å². The number of phenols is 1. The van der Waals surface area contributed by atoms with Gasteiger partial charge in [0.25, 0.3) is 0 Å². The van der Waals surface area contributed by atoms with Gasteiger partial charge in [-0.05, 0) is 34.7 Å². The van der Waals surface area contributed by atoms with Crippen LogP contribution in [0.3, 0.4) is 0 Å². The first-order valence-electron chi connectivity index (χ1n) is 4.68. The molecular weight excluding hydrogens is 206 g/mol. The van der Waals surface area contributed by atoms with Gasteiger partial charge in [0, 0.05) is 5.56 Å². The quantitative estimate of drug-likeness (QED) is 0.649. The highest BCUT2D eigenvalue weighted by atomic mass is 16.3. The molecule has 0 saturated heterocycles. The minimum Gasteiger partial charge on any atom is -0.507 e. The summed E-state index contributed by atoms with van der Waals surface area (Å²) in [5.41, 5.74) is 1.84. The van der Waals surface area contributed by atoms with Crippen LogP contribution < -0.4 is 0 Å². The summed E-state index contributed by atoms with van der Waals surface area (Å²) in [7, 11) is 0. The van der Waals surface area contributed by atoms with Gasteiger partial charge >= 0.3 is 0 Å². The number of hydrogen-bond acceptors (Lipinski definition) is 5. The van der Waals surface area contributed by atoms with Crippen molar-refractivity contribution in [1.82, 2.24) is 25.3 Å². The number of tetrazole rings is 1. The maximum atomic E-state index is 9.69. The van der Waals surface area contributed by atoms with E-state index in [0.29, 0.717) is 16.9 Å². The number of hydrogen-bond donors (Lipinski definition) is 1. The third-order valence-corrected chi connectivity index (χ3v) is 2.25. The first-order chi connectivity index (χ1) is 7.84. The Morgan fingerprint density at radius 3 is 2.81 bits per heavy atom. The van der Waals surface area contributed by atoms with Gasteiger partial charge < -0.3 is 5.11 Å². The van der Waals surface area contributed by atoms with E-state index in [1.54, 1.807) is 30.3 Å². The maximum absolute atomic E-state index is 9.69. The lowest BCUT2D eigenvalue weighted by Crippen LogP contribution is -1.96. The van der Waals surface area contributed by atoms with Crippen molar-refractivity contribution < 1.29 is 5.11 Å². The van der Waals surface area contributed by atoms with Crippen molar-refractivity contribution in [3.05, 3.63) is 36.4 Å². The van der Waals surface area contributed by atoms with Crippen molar-refractivity contribution >= 4 is 5.65 Å². The van der Waals surface area contributed by atoms with E-state index in [1.165, 1.54) is 4.63 Å². The van der Waals surface area contributed by atoms with Gasteiger partial charge in [-0.3, -0.25) is 0 Å². The standard InChI is InChI=1S/C10H7N5O/c16-9-4-2-1-3-7(9)8-5-6-10-11-13-14-15(10)12-8/h1-6,16H. The Balaban J connectivity index is 2.22. The molecule has 0 radical (unpaired) electrons. The normalized spacial score (nSPS) is 10.8. The lowest BCUT2D eigenvalue weighted by molar-refractivity contribution is 0.477. The van der Waals surface area contributed by atoms with Crippen LogP contribution in [0.25, 0.3) is 16.9 Å². The van der Waals surface area contributed by atoms with Crippen LogP contribution in [0.15, 0.2) is 36.4 Å². The molecule has 0 aliphatic carbocycles. The van der Waals surface area contributed by atoms with E-state index in [2.05, 4.69) is 20.6 Å². The molecule has 0 saturated carbocycles. The summed E-state index contributed by atoms with van der Waals surface area (Å²) in [6.07, 6.45) is 0. The lowest BCUT2D eigenvalue weighted by atomic mass is 10.1. The van der Waals surface area contributed by atoms with Crippen LogP contribution >= 0.6 is 0 Å². The molecule has 6 heteroatoms. The van der Waals surface area contributed by atoms with E-state index in [1.807, 2.05) is 6.07 Å². The fourth-order valence-electron chi connectivity index (χ4n) is 1.48. The van der Waals surface area contributed by atoms with Gasteiger partial charge in [-0.1, -0.05) is 12.1 Å². The highest BCUT2D eigenvalue weighted by Crippen LogP contribution is 2.26. The molecule has 3 aromatic rings. The van der Waals surface area contributed by atoms with Crippen molar-refractivity contribution in [2.45, 2.75) is 0 Å². The zero-order valence-electron chi connectivity index (χ0n) is 8.15. The Morgan fingerprint density at radius 2 is 1.94 bits per heavy atom. The number of aromatic hydroxyl groups is 1. The molecule has 0 unspecified atom stereocenters. The first kappa shape index (κ1) is 8.78. The highest BCUT2D eigenvalue weighted by molar-refractivity contribution is 5.66. The third-order valence-electron chi connectivity index (χ3n) is 2.25. The SMILES string of the molecule is Oc1ccccc1-c1ccc2nnnn2n1. The smallest absolute Gasteiger partial charge is 0.200 e. The van der Waals surface area contributed by atoms with Crippen LogP contribution in [0.2, 0.25) is 0 Å². The van der Waals surface area contributed by atoms with Crippen LogP contribution in [0.5, 0.6) is 5.75 Å². The first-order valence-corrected chi connectivity index (χ1v) is 4.68. The van der Waals surface area contributed by atoms with E-state index < -0.39 is 0 Å². The fourth-order valence-corrected chi connectivity index (χ4v) is 1.48. The van der Waals surface area contributed by atoms with Crippen LogP contribution in [0.1, 0.15) is 0 Å². The van der Waals surface area contributed by atoms with Crippen LogP contribution in [0.4, 0.5) is 0 Å². The predicted molar refractivity (Wildman–Crippen MR) is 55.7 cm³/mol. The molecule has 0 fully saturated rings. The maximum Gasteiger partial charge on any atom is 0.200 e. The largest absolute Gasteiger partial charge is 0.507 e. The Morgan fingerprint density at radius 1 is 1.06 bits per heavy atom. The molecule has 16 heavy (non-hydrogen) atoms. The monoisotopic (exact) mass is 213 g/mol. The molecule has 0 amide bonds. The van der Waals surface area contributed by atoms with Crippen molar-refractivity contribution in [2.75, 3.05) is 0 Å². The van der Waals surface area contributed by atoms with Gasteiger partial charge in [0.05, 0.1) is 5.69 Å². The Hall–Kier alpha value is -2.50. The summed E-state index contributed by atoms with van der Waals surface area (Å²) < 4.78 is 1.32. The number of fused-ring (bicyclic) bond motifs is 1. The molecule has 2 heterocycles. The predicted octanol–water partition coefficient (Wildman–Crippen LogP) is 0.892. The molecule has 2 aromatic heterocycles. The minimum atomic E-state index is 0.183. The van der Waals surface area contributed by atoms with Crippen LogP contribution in [-0.4, -0.2) is 30.4 Å². The molecule has 78 valence electrons. The minimum absolute atomic E-state index is 0.183. The lowest BCUT2D eigenvalue weighted by Gasteiger charge is -2.02. The topological polar surface area (TPSA) is 76.2 Å². The highest BCUT2D eigenvalue weighted by Gasteiger charge is 2.06. The van der Waals surface area contributed by atoms with Crippen LogP contribution in [-0.2, 0) is 0 Å². The number of rotatable bonds is 1. The summed E-state index contributed by atoms with van der Waals surface area (Å²) >= 11 is 0. The molecule has 1 N–H and O–H groups in total. The van der Waals surface area contributed by atoms with Gasteiger partial charge in [-0.25, -0.2) is 0 Å². The Labute approximate surface area is 90.2 Å². The second kappa shape index (κ2) is 3.27. The second-order valence-corrected chi connectivity index (χ2v) is 3.26. The fraction of sp³-hybridized carbons (Fsp3) is 0. The van der Waals surface area contributed by atoms with E-state index >= 15 is 0 Å². The molecule has 0 aliphatic heterocycles. The molecule has 0 aliphatic rings. The Kier molecular flexibility index (Phi) is 1.79. The summed E-state index contributed by atoms with van der Waals surface area (Å²) in [5, 5.41) is 24.8. The molecule has 6 nitrogen and oxygen atoms in total. The van der Waals surface area contributed by atoms with Gasteiger partial charge in [0.2, 0.25) is 0 Å². The molecule has 3 rings (SSSR count). The van der Waals surface area contributed by atoms with E-state index in [9.17, 15) is 5.11 Å². The summed E-state index contributed by atoms with van der Waals surface area (Å²) in [6.45, 7) is 0. The zero-order chi connectivity index (χ0) is 11.0. The number of nitrogens with zero attached hydrogens (tertiary/aromatic N) is 5. The van der Waals surface area contributed by atoms with Crippen molar-refractivity contribution in [3.63, 3.8) is 0 Å². The molecule has 0 bridgehead atoms. The van der Waals surface area contributed by atoms with E-state index in [0.717, 1.165) is 0 Å². The number of aromatic nitrogens is 5. The number of phenolic OH excluding ortho intramolecular Hbond substituents is 1.